The first kappa shape index (κ1) is 10.9. The van der Waals surface area contributed by atoms with E-state index in [0.717, 1.165) is 11.3 Å². The second kappa shape index (κ2) is 4.34. The number of nitrogens with zero attached hydrogens (tertiary/aromatic N) is 3. The number of aliphatic hydroxyl groups excluding tert-OH is 1. The van der Waals surface area contributed by atoms with E-state index < -0.39 is 6.04 Å². The van der Waals surface area contributed by atoms with Crippen LogP contribution in [0.5, 0.6) is 0 Å². The van der Waals surface area contributed by atoms with Gasteiger partial charge in [-0.25, -0.2) is 9.97 Å². The van der Waals surface area contributed by atoms with Crippen LogP contribution in [0.25, 0.3) is 0 Å². The summed E-state index contributed by atoms with van der Waals surface area (Å²) in [5.74, 6) is 0.649. The molecule has 0 amide bonds. The molecule has 14 heavy (non-hydrogen) atoms. The molecular formula is C9H16N4O. The van der Waals surface area contributed by atoms with Gasteiger partial charge in [0.05, 0.1) is 12.6 Å². The SMILES string of the molecule is Cc1nc(N(C)C)ncc1C(N)CO. The summed E-state index contributed by atoms with van der Waals surface area (Å²) in [4.78, 5) is 10.2. The van der Waals surface area contributed by atoms with Crippen LogP contribution < -0.4 is 10.6 Å². The fourth-order valence-electron chi connectivity index (χ4n) is 1.14. The second-order valence-electron chi connectivity index (χ2n) is 3.39. The molecule has 0 saturated heterocycles. The molecule has 1 aromatic heterocycles. The molecule has 0 aliphatic carbocycles. The van der Waals surface area contributed by atoms with Crippen molar-refractivity contribution in [1.82, 2.24) is 9.97 Å². The monoisotopic (exact) mass is 196 g/mol. The van der Waals surface area contributed by atoms with Crippen molar-refractivity contribution in [2.75, 3.05) is 25.6 Å². The molecule has 0 spiro atoms. The highest BCUT2D eigenvalue weighted by Crippen LogP contribution is 2.14. The zero-order valence-electron chi connectivity index (χ0n) is 8.73. The number of anilines is 1. The second-order valence-corrected chi connectivity index (χ2v) is 3.39. The minimum Gasteiger partial charge on any atom is -0.394 e. The molecule has 5 heteroatoms. The van der Waals surface area contributed by atoms with Crippen LogP contribution in [0.1, 0.15) is 17.3 Å². The molecule has 0 saturated carbocycles. The summed E-state index contributed by atoms with van der Waals surface area (Å²) in [6.45, 7) is 1.77. The third-order valence-electron chi connectivity index (χ3n) is 2.00. The van der Waals surface area contributed by atoms with Gasteiger partial charge in [0.1, 0.15) is 0 Å². The van der Waals surface area contributed by atoms with Gasteiger partial charge < -0.3 is 15.7 Å². The molecule has 3 N–H and O–H groups in total. The molecule has 1 unspecified atom stereocenters. The van der Waals surface area contributed by atoms with Gasteiger partial charge in [-0.05, 0) is 6.92 Å². The summed E-state index contributed by atoms with van der Waals surface area (Å²) >= 11 is 0. The average Bonchev–Trinajstić information content (AvgIpc) is 2.16. The molecule has 0 aromatic carbocycles. The van der Waals surface area contributed by atoms with Gasteiger partial charge in [-0.3, -0.25) is 0 Å². The lowest BCUT2D eigenvalue weighted by atomic mass is 10.1. The molecule has 0 bridgehead atoms. The third kappa shape index (κ3) is 2.18. The van der Waals surface area contributed by atoms with E-state index in [1.165, 1.54) is 0 Å². The molecule has 0 radical (unpaired) electrons. The van der Waals surface area contributed by atoms with E-state index in [-0.39, 0.29) is 6.61 Å². The lowest BCUT2D eigenvalue weighted by molar-refractivity contribution is 0.267. The molecule has 0 aliphatic rings. The quantitative estimate of drug-likeness (QED) is 0.702. The van der Waals surface area contributed by atoms with Crippen LogP contribution in [0, 0.1) is 6.92 Å². The first-order valence-electron chi connectivity index (χ1n) is 4.43. The Labute approximate surface area is 83.6 Å². The van der Waals surface area contributed by atoms with Crippen LogP contribution in [-0.2, 0) is 0 Å². The third-order valence-corrected chi connectivity index (χ3v) is 2.00. The van der Waals surface area contributed by atoms with E-state index in [9.17, 15) is 0 Å². The summed E-state index contributed by atoms with van der Waals surface area (Å²) in [7, 11) is 3.75. The minimum absolute atomic E-state index is 0.0918. The number of aliphatic hydroxyl groups is 1. The fraction of sp³-hybridized carbons (Fsp3) is 0.556. The van der Waals surface area contributed by atoms with Gasteiger partial charge in [0.15, 0.2) is 0 Å². The molecule has 1 atom stereocenters. The maximum atomic E-state index is 8.90. The van der Waals surface area contributed by atoms with Gasteiger partial charge >= 0.3 is 0 Å². The van der Waals surface area contributed by atoms with Gasteiger partial charge in [-0.15, -0.1) is 0 Å². The Morgan fingerprint density at radius 1 is 1.57 bits per heavy atom. The minimum atomic E-state index is -0.397. The van der Waals surface area contributed by atoms with Crippen LogP contribution in [0.2, 0.25) is 0 Å². The number of aryl methyl sites for hydroxylation is 1. The Hall–Kier alpha value is -1.20. The Morgan fingerprint density at radius 2 is 2.21 bits per heavy atom. The number of nitrogens with two attached hydrogens (primary N) is 1. The molecule has 78 valence electrons. The Bertz CT molecular complexity index is 314. The summed E-state index contributed by atoms with van der Waals surface area (Å²) in [6.07, 6.45) is 1.67. The Morgan fingerprint density at radius 3 is 2.64 bits per heavy atom. The Balaban J connectivity index is 3.01. The molecular weight excluding hydrogens is 180 g/mol. The molecule has 1 rings (SSSR count). The van der Waals surface area contributed by atoms with Crippen LogP contribution >= 0.6 is 0 Å². The molecule has 0 aliphatic heterocycles. The lowest BCUT2D eigenvalue weighted by Crippen LogP contribution is -2.19. The highest BCUT2D eigenvalue weighted by atomic mass is 16.3. The van der Waals surface area contributed by atoms with Gasteiger partial charge in [0, 0.05) is 31.5 Å². The number of hydrogen-bond donors (Lipinski definition) is 2. The van der Waals surface area contributed by atoms with Crippen LogP contribution in [0.3, 0.4) is 0 Å². The predicted octanol–water partition coefficient (Wildman–Crippen LogP) is -0.157. The van der Waals surface area contributed by atoms with Gasteiger partial charge in [-0.1, -0.05) is 0 Å². The van der Waals surface area contributed by atoms with E-state index in [2.05, 4.69) is 9.97 Å². The maximum Gasteiger partial charge on any atom is 0.224 e. The fourth-order valence-corrected chi connectivity index (χ4v) is 1.14. The maximum absolute atomic E-state index is 8.90. The normalized spacial score (nSPS) is 12.6. The van der Waals surface area contributed by atoms with Crippen molar-refractivity contribution >= 4 is 5.95 Å². The average molecular weight is 196 g/mol. The molecule has 1 heterocycles. The van der Waals surface area contributed by atoms with Crippen LogP contribution in [0.4, 0.5) is 5.95 Å². The predicted molar refractivity (Wildman–Crippen MR) is 55.1 cm³/mol. The topological polar surface area (TPSA) is 75.3 Å². The molecule has 5 nitrogen and oxygen atoms in total. The Kier molecular flexibility index (Phi) is 3.38. The van der Waals surface area contributed by atoms with Crippen molar-refractivity contribution in [1.29, 1.82) is 0 Å². The first-order valence-corrected chi connectivity index (χ1v) is 4.43. The first-order chi connectivity index (χ1) is 6.56. The van der Waals surface area contributed by atoms with Crippen LogP contribution in [0.15, 0.2) is 6.20 Å². The van der Waals surface area contributed by atoms with Crippen molar-refractivity contribution in [3.05, 3.63) is 17.5 Å². The van der Waals surface area contributed by atoms with E-state index in [4.69, 9.17) is 10.8 Å². The van der Waals surface area contributed by atoms with Gasteiger partial charge in [0.25, 0.3) is 0 Å². The van der Waals surface area contributed by atoms with E-state index in [1.54, 1.807) is 6.20 Å². The van der Waals surface area contributed by atoms with Gasteiger partial charge in [-0.2, -0.15) is 0 Å². The van der Waals surface area contributed by atoms with E-state index in [1.807, 2.05) is 25.9 Å². The van der Waals surface area contributed by atoms with Crippen molar-refractivity contribution < 1.29 is 5.11 Å². The summed E-state index contributed by atoms with van der Waals surface area (Å²) in [6, 6.07) is -0.397. The number of rotatable bonds is 3. The standard InChI is InChI=1S/C9H16N4O/c1-6-7(8(10)5-14)4-11-9(12-6)13(2)3/h4,8,14H,5,10H2,1-3H3. The van der Waals surface area contributed by atoms with Crippen molar-refractivity contribution in [2.24, 2.45) is 5.73 Å². The molecule has 0 fully saturated rings. The van der Waals surface area contributed by atoms with Crippen molar-refractivity contribution in [2.45, 2.75) is 13.0 Å². The van der Waals surface area contributed by atoms with Crippen molar-refractivity contribution in [3.8, 4) is 0 Å². The summed E-state index contributed by atoms with van der Waals surface area (Å²) < 4.78 is 0. The van der Waals surface area contributed by atoms with Crippen LogP contribution in [-0.4, -0.2) is 35.8 Å². The molecule has 1 aromatic rings. The number of hydrogen-bond acceptors (Lipinski definition) is 5. The highest BCUT2D eigenvalue weighted by Gasteiger charge is 2.10. The largest absolute Gasteiger partial charge is 0.394 e. The number of aromatic nitrogens is 2. The highest BCUT2D eigenvalue weighted by molar-refractivity contribution is 5.31. The summed E-state index contributed by atoms with van der Waals surface area (Å²) in [5, 5.41) is 8.90. The zero-order valence-corrected chi connectivity index (χ0v) is 8.73. The smallest absolute Gasteiger partial charge is 0.224 e. The summed E-state index contributed by atoms with van der Waals surface area (Å²) in [5.41, 5.74) is 7.28. The lowest BCUT2D eigenvalue weighted by Gasteiger charge is -2.14. The van der Waals surface area contributed by atoms with E-state index in [0.29, 0.717) is 5.95 Å². The van der Waals surface area contributed by atoms with Crippen molar-refractivity contribution in [3.63, 3.8) is 0 Å². The zero-order chi connectivity index (χ0) is 10.7. The van der Waals surface area contributed by atoms with E-state index >= 15 is 0 Å². The van der Waals surface area contributed by atoms with Gasteiger partial charge in [0.2, 0.25) is 5.95 Å².